The van der Waals surface area contributed by atoms with Crippen LogP contribution in [0.1, 0.15) is 194 Å². The van der Waals surface area contributed by atoms with Gasteiger partial charge in [-0.05, 0) is 77.0 Å². The molecule has 0 aliphatic rings. The van der Waals surface area contributed by atoms with Crippen LogP contribution in [-0.2, 0) is 37.5 Å². The molecule has 1 unspecified atom stereocenters. The molecular weight excluding hydrogens is 781 g/mol. The Labute approximate surface area is 364 Å². The molecule has 0 heterocycles. The number of carboxylic acid groups (broad SMARTS) is 1. The van der Waals surface area contributed by atoms with Crippen molar-refractivity contribution < 1.29 is 47.5 Å². The van der Waals surface area contributed by atoms with Gasteiger partial charge in [-0.2, -0.15) is 0 Å². The van der Waals surface area contributed by atoms with E-state index in [2.05, 4.69) is 73.1 Å². The van der Waals surface area contributed by atoms with Gasteiger partial charge in [0, 0.05) is 12.8 Å². The second-order valence-corrected chi connectivity index (χ2v) is 17.0. The van der Waals surface area contributed by atoms with E-state index in [0.717, 1.165) is 44.9 Å². The van der Waals surface area contributed by atoms with Crippen molar-refractivity contribution in [1.82, 2.24) is 0 Å². The largest absolute Gasteiger partial charge is 0.480 e. The summed E-state index contributed by atoms with van der Waals surface area (Å²) in [6.45, 7) is 2.72. The van der Waals surface area contributed by atoms with Gasteiger partial charge in [0.2, 0.25) is 0 Å². The lowest BCUT2D eigenvalue weighted by molar-refractivity contribution is -0.161. The molecule has 0 rings (SSSR count). The lowest BCUT2D eigenvalue weighted by atomic mass is 10.1. The highest BCUT2D eigenvalue weighted by Gasteiger charge is 2.28. The molecule has 0 aliphatic carbocycles. The molecule has 0 saturated carbocycles. The van der Waals surface area contributed by atoms with Crippen LogP contribution in [0.4, 0.5) is 0 Å². The number of allylic oxidation sites excluding steroid dienone is 10. The first-order chi connectivity index (χ1) is 29.1. The summed E-state index contributed by atoms with van der Waals surface area (Å²) in [6, 6.07) is -1.53. The molecule has 4 N–H and O–H groups in total. The zero-order valence-electron chi connectivity index (χ0n) is 37.5. The molecule has 12 heteroatoms. The lowest BCUT2D eigenvalue weighted by Crippen LogP contribution is -2.34. The van der Waals surface area contributed by atoms with Crippen LogP contribution in [0.25, 0.3) is 0 Å². The Kier molecular flexibility index (Phi) is 40.8. The summed E-state index contributed by atoms with van der Waals surface area (Å²) in [5.74, 6) is -2.45. The third-order valence-corrected chi connectivity index (χ3v) is 10.7. The average molecular weight is 866 g/mol. The number of hydrogen-bond donors (Lipinski definition) is 3. The van der Waals surface area contributed by atoms with Gasteiger partial charge in [-0.25, -0.2) is 4.57 Å². The van der Waals surface area contributed by atoms with Gasteiger partial charge in [-0.1, -0.05) is 164 Å². The van der Waals surface area contributed by atoms with Gasteiger partial charge in [0.05, 0.1) is 13.2 Å². The number of esters is 2. The van der Waals surface area contributed by atoms with Crippen LogP contribution in [0.2, 0.25) is 0 Å². The molecule has 0 radical (unpaired) electrons. The molecule has 346 valence electrons. The predicted octanol–water partition coefficient (Wildman–Crippen LogP) is 12.7. The van der Waals surface area contributed by atoms with Gasteiger partial charge < -0.3 is 25.2 Å². The standard InChI is InChI=1S/C48H84NO10P/c1-3-5-7-9-11-13-15-17-19-21-22-24-26-28-30-32-34-36-38-40-47(51)59-44(42-57-60(54,55)58-43-45(49)48(52)53)41-56-46(50)39-37-35-33-31-29-27-25-23-20-18-16-14-12-10-8-6-4-2/h12,14,17-20,25,27,31,33,44-45H,3-11,13,15-16,21-24,26,28-30,32,34-43,49H2,1-2H3,(H,52,53)(H,54,55)/b14-12-,19-17-,20-18-,27-25-,33-31-/t44-,45+/m1/s1. The van der Waals surface area contributed by atoms with E-state index < -0.39 is 51.1 Å². The lowest BCUT2D eigenvalue weighted by Gasteiger charge is -2.20. The highest BCUT2D eigenvalue weighted by atomic mass is 31.2. The van der Waals surface area contributed by atoms with Gasteiger partial charge in [0.25, 0.3) is 0 Å². The Morgan fingerprint density at radius 1 is 0.517 bits per heavy atom. The first-order valence-electron chi connectivity index (χ1n) is 23.3. The van der Waals surface area contributed by atoms with Crippen molar-refractivity contribution in [2.24, 2.45) is 5.73 Å². The first kappa shape index (κ1) is 57.2. The summed E-state index contributed by atoms with van der Waals surface area (Å²) in [5.41, 5.74) is 5.34. The van der Waals surface area contributed by atoms with Crippen molar-refractivity contribution >= 4 is 25.7 Å². The monoisotopic (exact) mass is 866 g/mol. The number of carbonyl (C=O) groups excluding carboxylic acids is 2. The highest BCUT2D eigenvalue weighted by molar-refractivity contribution is 7.47. The van der Waals surface area contributed by atoms with Crippen molar-refractivity contribution in [2.75, 3.05) is 19.8 Å². The Balaban J connectivity index is 4.40. The summed E-state index contributed by atoms with van der Waals surface area (Å²) in [5, 5.41) is 8.90. The molecule has 0 amide bonds. The van der Waals surface area contributed by atoms with Crippen LogP contribution in [0, 0.1) is 0 Å². The van der Waals surface area contributed by atoms with Gasteiger partial charge in [-0.3, -0.25) is 23.4 Å². The molecule has 0 bridgehead atoms. The van der Waals surface area contributed by atoms with Crippen molar-refractivity contribution in [2.45, 2.75) is 206 Å². The van der Waals surface area contributed by atoms with E-state index >= 15 is 0 Å². The summed E-state index contributed by atoms with van der Waals surface area (Å²) < 4.78 is 32.7. The highest BCUT2D eigenvalue weighted by Crippen LogP contribution is 2.43. The number of phosphoric acid groups is 1. The van der Waals surface area contributed by atoms with Crippen molar-refractivity contribution in [3.63, 3.8) is 0 Å². The number of carbonyl (C=O) groups is 3. The van der Waals surface area contributed by atoms with E-state index in [4.69, 9.17) is 24.8 Å². The maximum absolute atomic E-state index is 12.7. The Morgan fingerprint density at radius 2 is 0.900 bits per heavy atom. The molecule has 3 atom stereocenters. The van der Waals surface area contributed by atoms with Crippen molar-refractivity contribution in [3.8, 4) is 0 Å². The fraction of sp³-hybridized carbons (Fsp3) is 0.729. The SMILES string of the molecule is CCCCC/C=C\C/C=C\C/C=C\C/C=C\CCCC(=O)OC[C@H](COP(=O)(O)OC[C@H](N)C(=O)O)OC(=O)CCCCCCCCCCC/C=C\CCCCCCCC. The molecular formula is C48H84NO10P. The number of carboxylic acids is 1. The molecule has 0 aromatic heterocycles. The molecule has 0 aromatic carbocycles. The number of nitrogens with two attached hydrogens (primary N) is 1. The fourth-order valence-corrected chi connectivity index (χ4v) is 6.83. The number of rotatable bonds is 43. The summed E-state index contributed by atoms with van der Waals surface area (Å²) in [7, 11) is -4.73. The normalized spacial score (nSPS) is 14.2. The van der Waals surface area contributed by atoms with Crippen LogP contribution in [0.3, 0.4) is 0 Å². The third-order valence-electron chi connectivity index (χ3n) is 9.74. The quantitative estimate of drug-likeness (QED) is 0.0230. The topological polar surface area (TPSA) is 172 Å². The van der Waals surface area contributed by atoms with E-state index in [-0.39, 0.29) is 19.4 Å². The minimum atomic E-state index is -4.73. The van der Waals surface area contributed by atoms with Gasteiger partial charge in [-0.15, -0.1) is 0 Å². The fourth-order valence-electron chi connectivity index (χ4n) is 6.05. The van der Waals surface area contributed by atoms with E-state index in [1.165, 1.54) is 103 Å². The van der Waals surface area contributed by atoms with E-state index in [1.54, 1.807) is 0 Å². The van der Waals surface area contributed by atoms with Crippen LogP contribution in [0.15, 0.2) is 60.8 Å². The maximum Gasteiger partial charge on any atom is 0.472 e. The van der Waals surface area contributed by atoms with Crippen LogP contribution in [-0.4, -0.2) is 59.9 Å². The molecule has 0 fully saturated rings. The number of hydrogen-bond acceptors (Lipinski definition) is 9. The van der Waals surface area contributed by atoms with E-state index in [0.29, 0.717) is 19.3 Å². The van der Waals surface area contributed by atoms with Gasteiger partial charge >= 0.3 is 25.7 Å². The van der Waals surface area contributed by atoms with Gasteiger partial charge in [0.15, 0.2) is 6.10 Å². The molecule has 0 saturated heterocycles. The summed E-state index contributed by atoms with van der Waals surface area (Å²) in [6.07, 6.45) is 50.0. The zero-order valence-corrected chi connectivity index (χ0v) is 38.4. The summed E-state index contributed by atoms with van der Waals surface area (Å²) >= 11 is 0. The average Bonchev–Trinajstić information content (AvgIpc) is 3.22. The summed E-state index contributed by atoms with van der Waals surface area (Å²) in [4.78, 5) is 46.0. The second kappa shape index (κ2) is 42.9. The number of unbranched alkanes of at least 4 members (excludes halogenated alkanes) is 19. The third kappa shape index (κ3) is 41.9. The molecule has 0 aromatic rings. The molecule has 0 spiro atoms. The smallest absolute Gasteiger partial charge is 0.472 e. The molecule has 60 heavy (non-hydrogen) atoms. The molecule has 0 aliphatic heterocycles. The van der Waals surface area contributed by atoms with Crippen LogP contribution in [0.5, 0.6) is 0 Å². The Bertz CT molecular complexity index is 1250. The van der Waals surface area contributed by atoms with Crippen LogP contribution < -0.4 is 5.73 Å². The Morgan fingerprint density at radius 3 is 1.42 bits per heavy atom. The maximum atomic E-state index is 12.7. The number of aliphatic carboxylic acids is 1. The van der Waals surface area contributed by atoms with Crippen molar-refractivity contribution in [3.05, 3.63) is 60.8 Å². The minimum Gasteiger partial charge on any atom is -0.480 e. The first-order valence-corrected chi connectivity index (χ1v) is 24.8. The van der Waals surface area contributed by atoms with Gasteiger partial charge in [0.1, 0.15) is 12.6 Å². The number of phosphoric ester groups is 1. The predicted molar refractivity (Wildman–Crippen MR) is 245 cm³/mol. The number of ether oxygens (including phenoxy) is 2. The van der Waals surface area contributed by atoms with E-state index in [9.17, 15) is 23.8 Å². The zero-order chi connectivity index (χ0) is 44.2. The Hall–Kier alpha value is -2.82. The minimum absolute atomic E-state index is 0.144. The van der Waals surface area contributed by atoms with Crippen molar-refractivity contribution in [1.29, 1.82) is 0 Å². The molecule has 11 nitrogen and oxygen atoms in total. The second-order valence-electron chi connectivity index (χ2n) is 15.5. The van der Waals surface area contributed by atoms with Crippen LogP contribution >= 0.6 is 7.82 Å². The van der Waals surface area contributed by atoms with E-state index in [1.807, 2.05) is 6.08 Å².